The van der Waals surface area contributed by atoms with Crippen molar-refractivity contribution >= 4 is 34.2 Å². The summed E-state index contributed by atoms with van der Waals surface area (Å²) < 4.78 is 1.10. The molecule has 0 aliphatic heterocycles. The van der Waals surface area contributed by atoms with Crippen LogP contribution in [0.2, 0.25) is 5.02 Å². The zero-order valence-electron chi connectivity index (χ0n) is 12.5. The standard InChI is InChI=1S/C18H21ClIN/c1-3-9-21-18(11-14-6-4-5-13(2)10-14)15-7-8-17(20)16(19)12-15/h4-8,10,12,18,21H,3,9,11H2,1-2H3. The van der Waals surface area contributed by atoms with Crippen LogP contribution in [-0.2, 0) is 6.42 Å². The van der Waals surface area contributed by atoms with Crippen LogP contribution < -0.4 is 5.32 Å². The second-order valence-corrected chi connectivity index (χ2v) is 6.94. The van der Waals surface area contributed by atoms with Crippen LogP contribution in [0.15, 0.2) is 42.5 Å². The number of halogens is 2. The summed E-state index contributed by atoms with van der Waals surface area (Å²) in [5.41, 5.74) is 3.93. The van der Waals surface area contributed by atoms with Crippen molar-refractivity contribution in [3.8, 4) is 0 Å². The summed E-state index contributed by atoms with van der Waals surface area (Å²) >= 11 is 8.55. The van der Waals surface area contributed by atoms with E-state index in [1.807, 2.05) is 0 Å². The molecule has 0 fully saturated rings. The van der Waals surface area contributed by atoms with Gasteiger partial charge < -0.3 is 5.32 Å². The molecule has 2 aromatic rings. The molecule has 21 heavy (non-hydrogen) atoms. The molecule has 1 N–H and O–H groups in total. The van der Waals surface area contributed by atoms with Crippen molar-refractivity contribution < 1.29 is 0 Å². The Morgan fingerprint density at radius 3 is 2.67 bits per heavy atom. The Kier molecular flexibility index (Phi) is 6.52. The summed E-state index contributed by atoms with van der Waals surface area (Å²) in [4.78, 5) is 0. The van der Waals surface area contributed by atoms with E-state index in [1.165, 1.54) is 16.7 Å². The van der Waals surface area contributed by atoms with Gasteiger partial charge >= 0.3 is 0 Å². The Morgan fingerprint density at radius 1 is 1.19 bits per heavy atom. The van der Waals surface area contributed by atoms with Gasteiger partial charge in [0, 0.05) is 9.61 Å². The molecule has 0 aliphatic carbocycles. The molecule has 1 atom stereocenters. The van der Waals surface area contributed by atoms with Crippen LogP contribution in [-0.4, -0.2) is 6.54 Å². The van der Waals surface area contributed by atoms with Crippen molar-refractivity contribution in [3.63, 3.8) is 0 Å². The van der Waals surface area contributed by atoms with Gasteiger partial charge in [-0.1, -0.05) is 54.4 Å². The minimum atomic E-state index is 0.307. The monoisotopic (exact) mass is 413 g/mol. The van der Waals surface area contributed by atoms with E-state index >= 15 is 0 Å². The number of hydrogen-bond acceptors (Lipinski definition) is 1. The number of rotatable bonds is 6. The molecule has 3 heteroatoms. The smallest absolute Gasteiger partial charge is 0.0542 e. The molecule has 0 amide bonds. The van der Waals surface area contributed by atoms with E-state index in [1.54, 1.807) is 0 Å². The predicted octanol–water partition coefficient (Wildman–Crippen LogP) is 5.54. The van der Waals surface area contributed by atoms with E-state index in [2.05, 4.69) is 84.2 Å². The molecule has 1 unspecified atom stereocenters. The minimum absolute atomic E-state index is 0.307. The summed E-state index contributed by atoms with van der Waals surface area (Å²) in [6.45, 7) is 5.34. The van der Waals surface area contributed by atoms with Crippen LogP contribution in [0.1, 0.15) is 36.1 Å². The molecular formula is C18H21ClIN. The van der Waals surface area contributed by atoms with E-state index in [0.717, 1.165) is 28.0 Å². The van der Waals surface area contributed by atoms with Gasteiger partial charge in [0.05, 0.1) is 5.02 Å². The molecule has 0 aromatic heterocycles. The lowest BCUT2D eigenvalue weighted by molar-refractivity contribution is 0.529. The molecule has 2 aromatic carbocycles. The highest BCUT2D eigenvalue weighted by Crippen LogP contribution is 2.25. The van der Waals surface area contributed by atoms with Crippen LogP contribution in [0, 0.1) is 10.5 Å². The Balaban J connectivity index is 2.22. The number of aryl methyl sites for hydroxylation is 1. The first-order valence-electron chi connectivity index (χ1n) is 7.34. The fourth-order valence-electron chi connectivity index (χ4n) is 2.43. The average molecular weight is 414 g/mol. The number of nitrogens with one attached hydrogen (secondary N) is 1. The average Bonchev–Trinajstić information content (AvgIpc) is 2.46. The maximum atomic E-state index is 6.28. The second kappa shape index (κ2) is 8.16. The van der Waals surface area contributed by atoms with E-state index in [9.17, 15) is 0 Å². The summed E-state index contributed by atoms with van der Waals surface area (Å²) in [6, 6.07) is 15.4. The SMILES string of the molecule is CCCNC(Cc1cccc(C)c1)c1ccc(I)c(Cl)c1. The summed E-state index contributed by atoms with van der Waals surface area (Å²) in [5, 5.41) is 4.47. The molecule has 0 radical (unpaired) electrons. The number of benzene rings is 2. The Hall–Kier alpha value is -0.580. The Morgan fingerprint density at radius 2 is 2.00 bits per heavy atom. The van der Waals surface area contributed by atoms with Crippen LogP contribution in [0.5, 0.6) is 0 Å². The van der Waals surface area contributed by atoms with E-state index in [4.69, 9.17) is 11.6 Å². The van der Waals surface area contributed by atoms with Gasteiger partial charge in [0.2, 0.25) is 0 Å². The van der Waals surface area contributed by atoms with Crippen molar-refractivity contribution in [3.05, 3.63) is 67.7 Å². The lowest BCUT2D eigenvalue weighted by atomic mass is 9.98. The Labute approximate surface area is 146 Å². The van der Waals surface area contributed by atoms with Gasteiger partial charge in [-0.15, -0.1) is 0 Å². The third kappa shape index (κ3) is 4.97. The molecule has 0 spiro atoms. The lowest BCUT2D eigenvalue weighted by Crippen LogP contribution is -2.24. The largest absolute Gasteiger partial charge is 0.310 e. The van der Waals surface area contributed by atoms with Gasteiger partial charge in [0.1, 0.15) is 0 Å². The lowest BCUT2D eigenvalue weighted by Gasteiger charge is -2.20. The van der Waals surface area contributed by atoms with Gasteiger partial charge in [-0.2, -0.15) is 0 Å². The molecule has 112 valence electrons. The van der Waals surface area contributed by atoms with Crippen LogP contribution in [0.3, 0.4) is 0 Å². The third-order valence-electron chi connectivity index (χ3n) is 3.51. The summed E-state index contributed by atoms with van der Waals surface area (Å²) in [6.07, 6.45) is 2.11. The van der Waals surface area contributed by atoms with E-state index < -0.39 is 0 Å². The van der Waals surface area contributed by atoms with Crippen LogP contribution in [0.4, 0.5) is 0 Å². The van der Waals surface area contributed by atoms with E-state index in [0.29, 0.717) is 6.04 Å². The molecule has 0 saturated heterocycles. The number of hydrogen-bond donors (Lipinski definition) is 1. The summed E-state index contributed by atoms with van der Waals surface area (Å²) in [7, 11) is 0. The van der Waals surface area contributed by atoms with E-state index in [-0.39, 0.29) is 0 Å². The predicted molar refractivity (Wildman–Crippen MR) is 100 cm³/mol. The van der Waals surface area contributed by atoms with Gasteiger partial charge in [0.15, 0.2) is 0 Å². The molecule has 1 nitrogen and oxygen atoms in total. The molecule has 0 heterocycles. The van der Waals surface area contributed by atoms with Crippen LogP contribution >= 0.6 is 34.2 Å². The van der Waals surface area contributed by atoms with Gasteiger partial charge in [0.25, 0.3) is 0 Å². The first-order chi connectivity index (χ1) is 10.1. The highest BCUT2D eigenvalue weighted by atomic mass is 127. The van der Waals surface area contributed by atoms with Crippen molar-refractivity contribution in [1.82, 2.24) is 5.32 Å². The fraction of sp³-hybridized carbons (Fsp3) is 0.333. The van der Waals surface area contributed by atoms with Crippen LogP contribution in [0.25, 0.3) is 0 Å². The van der Waals surface area contributed by atoms with Gasteiger partial charge in [-0.3, -0.25) is 0 Å². The molecule has 0 saturated carbocycles. The van der Waals surface area contributed by atoms with Gasteiger partial charge in [-0.25, -0.2) is 0 Å². The highest BCUT2D eigenvalue weighted by molar-refractivity contribution is 14.1. The zero-order valence-corrected chi connectivity index (χ0v) is 15.4. The van der Waals surface area contributed by atoms with Crippen molar-refractivity contribution in [2.45, 2.75) is 32.7 Å². The third-order valence-corrected chi connectivity index (χ3v) is 5.08. The van der Waals surface area contributed by atoms with Gasteiger partial charge in [-0.05, 0) is 72.2 Å². The molecular weight excluding hydrogens is 393 g/mol. The fourth-order valence-corrected chi connectivity index (χ4v) is 2.95. The highest BCUT2D eigenvalue weighted by Gasteiger charge is 2.13. The topological polar surface area (TPSA) is 12.0 Å². The minimum Gasteiger partial charge on any atom is -0.310 e. The molecule has 2 rings (SSSR count). The van der Waals surface area contributed by atoms with Crippen molar-refractivity contribution in [2.24, 2.45) is 0 Å². The molecule has 0 aliphatic rings. The quantitative estimate of drug-likeness (QED) is 0.613. The van der Waals surface area contributed by atoms with Crippen molar-refractivity contribution in [2.75, 3.05) is 6.54 Å². The normalized spacial score (nSPS) is 12.4. The maximum absolute atomic E-state index is 6.28. The second-order valence-electron chi connectivity index (χ2n) is 5.37. The first-order valence-corrected chi connectivity index (χ1v) is 8.79. The summed E-state index contributed by atoms with van der Waals surface area (Å²) in [5.74, 6) is 0. The zero-order chi connectivity index (χ0) is 15.2. The Bertz CT molecular complexity index is 598. The first kappa shape index (κ1) is 16.8. The maximum Gasteiger partial charge on any atom is 0.0542 e. The van der Waals surface area contributed by atoms with Crippen molar-refractivity contribution in [1.29, 1.82) is 0 Å². The molecule has 0 bridgehead atoms.